The predicted molar refractivity (Wildman–Crippen MR) is 66.6 cm³/mol. The summed E-state index contributed by atoms with van der Waals surface area (Å²) in [4.78, 5) is 11.6. The molecule has 1 amide bonds. The molecule has 1 fully saturated rings. The van der Waals surface area contributed by atoms with Crippen LogP contribution in [-0.4, -0.2) is 36.9 Å². The molecule has 4 nitrogen and oxygen atoms in total. The zero-order valence-corrected chi connectivity index (χ0v) is 11.2. The topological polar surface area (TPSA) is 58.6 Å². The molecule has 4 heteroatoms. The summed E-state index contributed by atoms with van der Waals surface area (Å²) in [5.74, 6) is 0.368. The Morgan fingerprint density at radius 1 is 1.41 bits per heavy atom. The highest BCUT2D eigenvalue weighted by Crippen LogP contribution is 2.20. The lowest BCUT2D eigenvalue weighted by molar-refractivity contribution is -0.128. The molecule has 0 spiro atoms. The first-order valence-corrected chi connectivity index (χ1v) is 6.45. The van der Waals surface area contributed by atoms with E-state index >= 15 is 0 Å². The van der Waals surface area contributed by atoms with Crippen molar-refractivity contribution >= 4 is 5.91 Å². The number of amides is 1. The van der Waals surface area contributed by atoms with Crippen LogP contribution in [0.4, 0.5) is 0 Å². The molecule has 1 rings (SSSR count). The van der Waals surface area contributed by atoms with Crippen molar-refractivity contribution in [2.24, 2.45) is 11.3 Å². The molecule has 1 aliphatic heterocycles. The Kier molecular flexibility index (Phi) is 5.40. The van der Waals surface area contributed by atoms with Crippen LogP contribution in [0.1, 0.15) is 40.0 Å². The number of rotatable bonds is 4. The van der Waals surface area contributed by atoms with Crippen LogP contribution in [-0.2, 0) is 9.53 Å². The van der Waals surface area contributed by atoms with E-state index in [4.69, 9.17) is 4.74 Å². The highest BCUT2D eigenvalue weighted by Gasteiger charge is 2.23. The fourth-order valence-corrected chi connectivity index (χ4v) is 1.94. The summed E-state index contributed by atoms with van der Waals surface area (Å²) in [6.07, 6.45) is 2.16. The molecule has 0 aromatic rings. The summed E-state index contributed by atoms with van der Waals surface area (Å²) in [6, 6.07) is 0. The minimum Gasteiger partial charge on any atom is -0.393 e. The minimum atomic E-state index is -0.358. The largest absolute Gasteiger partial charge is 0.393 e. The fourth-order valence-electron chi connectivity index (χ4n) is 1.94. The van der Waals surface area contributed by atoms with E-state index in [1.165, 1.54) is 0 Å². The van der Waals surface area contributed by atoms with E-state index in [9.17, 15) is 9.90 Å². The second-order valence-corrected chi connectivity index (χ2v) is 5.81. The normalized spacial score (nSPS) is 20.0. The molecule has 0 aromatic carbocycles. The van der Waals surface area contributed by atoms with Crippen LogP contribution in [0.5, 0.6) is 0 Å². The molecule has 100 valence electrons. The Bertz CT molecular complexity index is 242. The first-order chi connectivity index (χ1) is 7.91. The van der Waals surface area contributed by atoms with Crippen LogP contribution in [0.15, 0.2) is 0 Å². The number of carbonyl (C=O) groups excluding carboxylic acids is 1. The maximum absolute atomic E-state index is 11.6. The van der Waals surface area contributed by atoms with Gasteiger partial charge in [-0.05, 0) is 25.2 Å². The lowest BCUT2D eigenvalue weighted by Gasteiger charge is -2.27. The third-order valence-electron chi connectivity index (χ3n) is 3.22. The number of carbonyl (C=O) groups is 1. The molecule has 0 aromatic heterocycles. The zero-order valence-electron chi connectivity index (χ0n) is 11.2. The van der Waals surface area contributed by atoms with Gasteiger partial charge < -0.3 is 15.2 Å². The van der Waals surface area contributed by atoms with E-state index in [0.717, 1.165) is 26.1 Å². The van der Waals surface area contributed by atoms with Gasteiger partial charge in [0, 0.05) is 25.2 Å². The van der Waals surface area contributed by atoms with Crippen LogP contribution in [0.2, 0.25) is 0 Å². The summed E-state index contributed by atoms with van der Waals surface area (Å²) in [6.45, 7) is 7.70. The molecule has 1 aliphatic rings. The quantitative estimate of drug-likeness (QED) is 0.783. The molecule has 0 aliphatic carbocycles. The van der Waals surface area contributed by atoms with E-state index in [2.05, 4.69) is 5.32 Å². The van der Waals surface area contributed by atoms with E-state index in [-0.39, 0.29) is 17.4 Å². The molecular formula is C13H25NO3. The number of hydrogen-bond acceptors (Lipinski definition) is 3. The maximum atomic E-state index is 11.6. The summed E-state index contributed by atoms with van der Waals surface area (Å²) < 4.78 is 5.26. The molecule has 0 radical (unpaired) electrons. The van der Waals surface area contributed by atoms with E-state index in [1.54, 1.807) is 0 Å². The second kappa shape index (κ2) is 6.36. The number of hydrogen-bond donors (Lipinski definition) is 2. The van der Waals surface area contributed by atoms with Gasteiger partial charge >= 0.3 is 0 Å². The van der Waals surface area contributed by atoms with Gasteiger partial charge in [-0.1, -0.05) is 20.8 Å². The smallest absolute Gasteiger partial charge is 0.225 e. The number of aliphatic hydroxyl groups excluding tert-OH is 1. The average molecular weight is 243 g/mol. The standard InChI is InChI=1S/C13H25NO3/c1-13(2,3)12(16)14-7-4-11(15)10-5-8-17-9-6-10/h10-11,15H,4-9H2,1-3H3,(H,14,16). The van der Waals surface area contributed by atoms with Gasteiger partial charge in [-0.15, -0.1) is 0 Å². The van der Waals surface area contributed by atoms with Crippen LogP contribution >= 0.6 is 0 Å². The molecular weight excluding hydrogens is 218 g/mol. The number of ether oxygens (including phenoxy) is 1. The average Bonchev–Trinajstić information content (AvgIpc) is 2.28. The van der Waals surface area contributed by atoms with Gasteiger partial charge in [-0.2, -0.15) is 0 Å². The Balaban J connectivity index is 2.19. The predicted octanol–water partition coefficient (Wildman–Crippen LogP) is 1.33. The SMILES string of the molecule is CC(C)(C)C(=O)NCCC(O)C1CCOCC1. The van der Waals surface area contributed by atoms with Crippen LogP contribution < -0.4 is 5.32 Å². The Morgan fingerprint density at radius 2 is 2.00 bits per heavy atom. The van der Waals surface area contributed by atoms with Gasteiger partial charge in [0.05, 0.1) is 6.10 Å². The van der Waals surface area contributed by atoms with Crippen molar-refractivity contribution in [1.82, 2.24) is 5.32 Å². The molecule has 1 atom stereocenters. The Morgan fingerprint density at radius 3 is 2.53 bits per heavy atom. The fraction of sp³-hybridized carbons (Fsp3) is 0.923. The van der Waals surface area contributed by atoms with Gasteiger partial charge in [0.1, 0.15) is 0 Å². The zero-order chi connectivity index (χ0) is 12.9. The Labute approximate surface area is 104 Å². The highest BCUT2D eigenvalue weighted by molar-refractivity contribution is 5.81. The molecule has 2 N–H and O–H groups in total. The van der Waals surface area contributed by atoms with Crippen molar-refractivity contribution in [3.8, 4) is 0 Å². The number of nitrogens with one attached hydrogen (secondary N) is 1. The van der Waals surface area contributed by atoms with E-state index < -0.39 is 0 Å². The molecule has 1 saturated heterocycles. The lowest BCUT2D eigenvalue weighted by atomic mass is 9.91. The van der Waals surface area contributed by atoms with E-state index in [1.807, 2.05) is 20.8 Å². The van der Waals surface area contributed by atoms with Crippen molar-refractivity contribution in [1.29, 1.82) is 0 Å². The van der Waals surface area contributed by atoms with Crippen LogP contribution in [0.3, 0.4) is 0 Å². The van der Waals surface area contributed by atoms with E-state index in [0.29, 0.717) is 18.9 Å². The second-order valence-electron chi connectivity index (χ2n) is 5.81. The van der Waals surface area contributed by atoms with Crippen molar-refractivity contribution in [2.45, 2.75) is 46.1 Å². The summed E-state index contributed by atoms with van der Waals surface area (Å²) >= 11 is 0. The molecule has 0 bridgehead atoms. The Hall–Kier alpha value is -0.610. The van der Waals surface area contributed by atoms with Crippen molar-refractivity contribution < 1.29 is 14.6 Å². The van der Waals surface area contributed by atoms with Gasteiger partial charge in [0.2, 0.25) is 5.91 Å². The summed E-state index contributed by atoms with van der Waals surface area (Å²) in [5, 5.41) is 12.8. The highest BCUT2D eigenvalue weighted by atomic mass is 16.5. The minimum absolute atomic E-state index is 0.0386. The summed E-state index contributed by atoms with van der Waals surface area (Å²) in [7, 11) is 0. The van der Waals surface area contributed by atoms with Gasteiger partial charge in [-0.3, -0.25) is 4.79 Å². The van der Waals surface area contributed by atoms with Crippen molar-refractivity contribution in [3.63, 3.8) is 0 Å². The van der Waals surface area contributed by atoms with Crippen molar-refractivity contribution in [3.05, 3.63) is 0 Å². The van der Waals surface area contributed by atoms with Gasteiger partial charge in [-0.25, -0.2) is 0 Å². The third kappa shape index (κ3) is 5.04. The molecule has 1 heterocycles. The van der Waals surface area contributed by atoms with Crippen LogP contribution in [0.25, 0.3) is 0 Å². The number of aliphatic hydroxyl groups is 1. The molecule has 17 heavy (non-hydrogen) atoms. The third-order valence-corrected chi connectivity index (χ3v) is 3.22. The van der Waals surface area contributed by atoms with Crippen LogP contribution in [0, 0.1) is 11.3 Å². The first-order valence-electron chi connectivity index (χ1n) is 6.45. The lowest BCUT2D eigenvalue weighted by Crippen LogP contribution is -2.37. The maximum Gasteiger partial charge on any atom is 0.225 e. The summed E-state index contributed by atoms with van der Waals surface area (Å²) in [5.41, 5.74) is -0.358. The van der Waals surface area contributed by atoms with Gasteiger partial charge in [0.25, 0.3) is 0 Å². The monoisotopic (exact) mass is 243 g/mol. The first kappa shape index (κ1) is 14.5. The molecule has 1 unspecified atom stereocenters. The molecule has 0 saturated carbocycles. The van der Waals surface area contributed by atoms with Gasteiger partial charge in [0.15, 0.2) is 0 Å². The van der Waals surface area contributed by atoms with Crippen molar-refractivity contribution in [2.75, 3.05) is 19.8 Å².